The smallest absolute Gasteiger partial charge is 0.432 e. The van der Waals surface area contributed by atoms with Gasteiger partial charge in [-0.05, 0) is 75.9 Å². The molecule has 2 aromatic carbocycles. The van der Waals surface area contributed by atoms with Crippen LogP contribution in [-0.2, 0) is 13.6 Å². The monoisotopic (exact) mass is 467 g/mol. The second-order valence-corrected chi connectivity index (χ2v) is 9.66. The fourth-order valence-electron chi connectivity index (χ4n) is 4.27. The average molecular weight is 468 g/mol. The molecule has 1 N–H and O–H groups in total. The Bertz CT molecular complexity index is 1200. The number of benzene rings is 2. The van der Waals surface area contributed by atoms with Gasteiger partial charge in [-0.15, -0.1) is 0 Å². The van der Waals surface area contributed by atoms with Crippen LogP contribution in [-0.4, -0.2) is 24.4 Å². The van der Waals surface area contributed by atoms with E-state index >= 15 is 0 Å². The summed E-state index contributed by atoms with van der Waals surface area (Å²) in [6.07, 6.45) is 3.39. The molecule has 7 nitrogen and oxygen atoms in total. The molecule has 4 rings (SSSR count). The van der Waals surface area contributed by atoms with Crippen molar-refractivity contribution in [2.45, 2.75) is 46.1 Å². The van der Waals surface area contributed by atoms with E-state index in [4.69, 9.17) is 13.8 Å². The van der Waals surface area contributed by atoms with Crippen molar-refractivity contribution in [1.82, 2.24) is 4.57 Å². The number of hydrogen-bond donors (Lipinski definition) is 1. The Hall–Kier alpha value is -2.78. The molecule has 1 aliphatic carbocycles. The molecule has 0 bridgehead atoms. The van der Waals surface area contributed by atoms with Gasteiger partial charge in [0.05, 0.1) is 36.6 Å². The van der Waals surface area contributed by atoms with Gasteiger partial charge in [-0.1, -0.05) is 12.1 Å². The number of fused-ring (bicyclic) bond motifs is 1. The number of aromatic nitrogens is 1. The highest BCUT2D eigenvalue weighted by atomic mass is 31.2. The number of nitriles is 1. The summed E-state index contributed by atoms with van der Waals surface area (Å²) in [4.78, 5) is 0. The van der Waals surface area contributed by atoms with Crippen LogP contribution in [0.15, 0.2) is 42.5 Å². The van der Waals surface area contributed by atoms with Gasteiger partial charge in [-0.25, -0.2) is 4.57 Å². The van der Waals surface area contributed by atoms with Crippen molar-refractivity contribution in [1.29, 1.82) is 5.26 Å². The van der Waals surface area contributed by atoms with E-state index in [0.29, 0.717) is 23.9 Å². The highest BCUT2D eigenvalue weighted by Crippen LogP contribution is 2.48. The topological polar surface area (TPSA) is 85.5 Å². The maximum atomic E-state index is 12.8. The van der Waals surface area contributed by atoms with Gasteiger partial charge in [0.25, 0.3) is 0 Å². The summed E-state index contributed by atoms with van der Waals surface area (Å²) in [5.74, 6) is 0.765. The first-order valence-electron chi connectivity index (χ1n) is 11.5. The Labute approximate surface area is 194 Å². The van der Waals surface area contributed by atoms with E-state index in [9.17, 15) is 9.83 Å². The molecule has 0 saturated heterocycles. The molecule has 0 amide bonds. The summed E-state index contributed by atoms with van der Waals surface area (Å²) in [5.41, 5.74) is 4.17. The van der Waals surface area contributed by atoms with E-state index in [0.717, 1.165) is 40.8 Å². The first-order valence-corrected chi connectivity index (χ1v) is 13.1. The third kappa shape index (κ3) is 4.65. The van der Waals surface area contributed by atoms with Crippen LogP contribution < -0.4 is 9.82 Å². The molecule has 174 valence electrons. The predicted molar refractivity (Wildman–Crippen MR) is 131 cm³/mol. The zero-order valence-electron chi connectivity index (χ0n) is 19.3. The van der Waals surface area contributed by atoms with E-state index in [-0.39, 0.29) is 13.2 Å². The van der Waals surface area contributed by atoms with E-state index < -0.39 is 7.75 Å². The molecular weight excluding hydrogens is 437 g/mol. The third-order valence-corrected chi connectivity index (χ3v) is 7.59. The maximum absolute atomic E-state index is 12.8. The van der Waals surface area contributed by atoms with Crippen molar-refractivity contribution >= 4 is 24.3 Å². The molecule has 1 aliphatic rings. The Balaban J connectivity index is 1.77. The van der Waals surface area contributed by atoms with Crippen LogP contribution in [0.5, 0.6) is 5.75 Å². The molecule has 0 unspecified atom stereocenters. The minimum absolute atomic E-state index is 0.277. The molecule has 1 saturated carbocycles. The van der Waals surface area contributed by atoms with Gasteiger partial charge in [-0.3, -0.25) is 14.1 Å². The summed E-state index contributed by atoms with van der Waals surface area (Å²) < 4.78 is 31.5. The highest BCUT2D eigenvalue weighted by molar-refractivity contribution is 7.55. The van der Waals surface area contributed by atoms with Crippen molar-refractivity contribution in [3.63, 3.8) is 0 Å². The first kappa shape index (κ1) is 23.4. The normalized spacial score (nSPS) is 14.1. The summed E-state index contributed by atoms with van der Waals surface area (Å²) in [6.45, 7) is 6.63. The molecule has 8 heteroatoms. The molecule has 33 heavy (non-hydrogen) atoms. The lowest BCUT2D eigenvalue weighted by Crippen LogP contribution is -2.17. The lowest BCUT2D eigenvalue weighted by atomic mass is 9.92. The minimum Gasteiger partial charge on any atom is -0.494 e. The summed E-state index contributed by atoms with van der Waals surface area (Å²) in [7, 11) is -3.42. The van der Waals surface area contributed by atoms with Crippen molar-refractivity contribution < 1.29 is 18.3 Å². The largest absolute Gasteiger partial charge is 0.494 e. The second kappa shape index (κ2) is 10.0. The first-order chi connectivity index (χ1) is 16.0. The van der Waals surface area contributed by atoms with Gasteiger partial charge < -0.3 is 9.30 Å². The molecule has 1 aromatic heterocycles. The van der Waals surface area contributed by atoms with Gasteiger partial charge in [0.2, 0.25) is 0 Å². The van der Waals surface area contributed by atoms with E-state index in [1.165, 1.54) is 6.42 Å². The number of nitrogens with one attached hydrogen (secondary N) is 1. The number of ether oxygens (including phenoxy) is 1. The Morgan fingerprint density at radius 3 is 2.30 bits per heavy atom. The van der Waals surface area contributed by atoms with Crippen molar-refractivity contribution in [2.75, 3.05) is 24.9 Å². The molecular formula is C25H30N3O4P. The molecule has 3 aromatic rings. The Morgan fingerprint density at radius 2 is 1.76 bits per heavy atom. The van der Waals surface area contributed by atoms with Gasteiger partial charge in [0.1, 0.15) is 11.8 Å². The third-order valence-electron chi connectivity index (χ3n) is 5.86. The molecule has 1 fully saturated rings. The van der Waals surface area contributed by atoms with Crippen LogP contribution >= 0.6 is 7.75 Å². The summed E-state index contributed by atoms with van der Waals surface area (Å²) in [6, 6.07) is 16.4. The van der Waals surface area contributed by atoms with Gasteiger partial charge >= 0.3 is 7.75 Å². The molecule has 1 heterocycles. The van der Waals surface area contributed by atoms with Crippen LogP contribution in [0.25, 0.3) is 22.2 Å². The van der Waals surface area contributed by atoms with Gasteiger partial charge in [0, 0.05) is 17.1 Å². The number of hydrogen-bond acceptors (Lipinski definition) is 5. The number of nitrogens with zero attached hydrogens (tertiary/aromatic N) is 2. The summed E-state index contributed by atoms with van der Waals surface area (Å²) in [5, 5.41) is 13.9. The van der Waals surface area contributed by atoms with E-state index in [2.05, 4.69) is 21.8 Å². The zero-order valence-corrected chi connectivity index (χ0v) is 20.2. The average Bonchev–Trinajstić information content (AvgIpc) is 3.07. The van der Waals surface area contributed by atoms with Crippen LogP contribution in [0, 0.1) is 11.3 Å². The lowest BCUT2D eigenvalue weighted by Gasteiger charge is -2.30. The molecule has 0 radical (unpaired) electrons. The van der Waals surface area contributed by atoms with Gasteiger partial charge in [0.15, 0.2) is 0 Å². The lowest BCUT2D eigenvalue weighted by molar-refractivity contribution is 0.225. The minimum atomic E-state index is -3.42. The van der Waals surface area contributed by atoms with Crippen LogP contribution in [0.1, 0.15) is 51.6 Å². The zero-order chi connectivity index (χ0) is 23.4. The van der Waals surface area contributed by atoms with Crippen LogP contribution in [0.4, 0.5) is 5.69 Å². The van der Waals surface area contributed by atoms with Crippen molar-refractivity contribution in [2.24, 2.45) is 0 Å². The van der Waals surface area contributed by atoms with Gasteiger partial charge in [-0.2, -0.15) is 5.26 Å². The fraction of sp³-hybridized carbons (Fsp3) is 0.400. The number of anilines is 1. The molecule has 0 aliphatic heterocycles. The maximum Gasteiger partial charge on any atom is 0.432 e. The van der Waals surface area contributed by atoms with E-state index in [1.807, 2.05) is 43.3 Å². The van der Waals surface area contributed by atoms with Crippen molar-refractivity contribution in [3.8, 4) is 23.1 Å². The second-order valence-electron chi connectivity index (χ2n) is 7.92. The van der Waals surface area contributed by atoms with Crippen LogP contribution in [0.3, 0.4) is 0 Å². The van der Waals surface area contributed by atoms with E-state index in [1.54, 1.807) is 13.8 Å². The fourth-order valence-corrected chi connectivity index (χ4v) is 5.62. The number of rotatable bonds is 10. The summed E-state index contributed by atoms with van der Waals surface area (Å²) >= 11 is 0. The predicted octanol–water partition coefficient (Wildman–Crippen LogP) is 6.90. The Kier molecular flexibility index (Phi) is 7.09. The molecule has 0 spiro atoms. The quantitative estimate of drug-likeness (QED) is 0.327. The SMILES string of the molecule is CCOc1ccc2c(c1)c(C#N)c(-c1ccc(NP(=O)(OCC)OCC)cc1)n2C1CCC1. The van der Waals surface area contributed by atoms with Crippen molar-refractivity contribution in [3.05, 3.63) is 48.0 Å². The van der Waals surface area contributed by atoms with Crippen LogP contribution in [0.2, 0.25) is 0 Å². The standard InChI is InChI=1S/C25H30N3O4P/c1-4-30-21-14-15-24-22(16-21)23(17-26)25(28(24)20-8-7-9-20)18-10-12-19(13-11-18)27-33(29,31-5-2)32-6-3/h10-16,20H,4-9H2,1-3H3,(H,27,29). The highest BCUT2D eigenvalue weighted by Gasteiger charge is 2.28. The molecule has 0 atom stereocenters. The Morgan fingerprint density at radius 1 is 1.06 bits per heavy atom.